The molecule has 0 spiro atoms. The Morgan fingerprint density at radius 2 is 2.09 bits per heavy atom. The monoisotopic (exact) mass is 317 g/mol. The molecule has 3 fully saturated rings. The maximum atomic E-state index is 12.8. The van der Waals surface area contributed by atoms with E-state index in [0.717, 1.165) is 12.8 Å². The Morgan fingerprint density at radius 1 is 1.26 bits per heavy atom. The smallest absolute Gasteiger partial charge is 0.310 e. The van der Waals surface area contributed by atoms with E-state index in [9.17, 15) is 9.59 Å². The summed E-state index contributed by atoms with van der Waals surface area (Å²) >= 11 is 0. The van der Waals surface area contributed by atoms with Crippen LogP contribution >= 0.6 is 0 Å². The first-order chi connectivity index (χ1) is 11.1. The van der Waals surface area contributed by atoms with Crippen molar-refractivity contribution in [1.82, 2.24) is 0 Å². The third kappa shape index (κ3) is 2.08. The summed E-state index contributed by atoms with van der Waals surface area (Å²) in [7, 11) is 3.12. The number of carbonyl (C=O) groups excluding carboxylic acids is 2. The van der Waals surface area contributed by atoms with E-state index in [1.165, 1.54) is 0 Å². The van der Waals surface area contributed by atoms with Gasteiger partial charge in [0, 0.05) is 12.0 Å². The van der Waals surface area contributed by atoms with Crippen molar-refractivity contribution < 1.29 is 23.8 Å². The van der Waals surface area contributed by atoms with E-state index in [-0.39, 0.29) is 41.7 Å². The number of nitrogens with one attached hydrogen (secondary N) is 1. The molecule has 6 nitrogen and oxygen atoms in total. The molecule has 5 atom stereocenters. The summed E-state index contributed by atoms with van der Waals surface area (Å²) in [5.74, 6) is 0.757. The number of ether oxygens (including phenoxy) is 3. The van der Waals surface area contributed by atoms with Gasteiger partial charge in [0.05, 0.1) is 31.7 Å². The second-order valence-electron chi connectivity index (χ2n) is 6.48. The lowest BCUT2D eigenvalue weighted by Gasteiger charge is -2.24. The van der Waals surface area contributed by atoms with Crippen LogP contribution in [-0.2, 0) is 14.3 Å². The maximum Gasteiger partial charge on any atom is 0.310 e. The largest absolute Gasteiger partial charge is 0.497 e. The number of amides is 1. The molecule has 2 bridgehead atoms. The van der Waals surface area contributed by atoms with Crippen molar-refractivity contribution in [3.63, 3.8) is 0 Å². The number of esters is 1. The van der Waals surface area contributed by atoms with Crippen LogP contribution in [0.4, 0.5) is 5.69 Å². The molecule has 1 amide bonds. The molecule has 1 aromatic carbocycles. The van der Waals surface area contributed by atoms with E-state index in [1.54, 1.807) is 32.4 Å². The fourth-order valence-corrected chi connectivity index (χ4v) is 4.48. The van der Waals surface area contributed by atoms with Crippen molar-refractivity contribution in [2.24, 2.45) is 23.7 Å². The van der Waals surface area contributed by atoms with Crippen LogP contribution in [0.2, 0.25) is 0 Å². The Hall–Kier alpha value is -2.24. The SMILES string of the molecule is COc1ccc(NC(=O)[C@H]2[C@H]3C[C@H]4[C@H]2C(=O)O[C@H]4C3)c(OC)c1. The lowest BCUT2D eigenvalue weighted by atomic mass is 9.79. The number of anilines is 1. The number of hydrogen-bond acceptors (Lipinski definition) is 5. The molecule has 0 unspecified atom stereocenters. The van der Waals surface area contributed by atoms with Gasteiger partial charge in [-0.05, 0) is 30.9 Å². The predicted molar refractivity (Wildman–Crippen MR) is 81.2 cm³/mol. The van der Waals surface area contributed by atoms with Gasteiger partial charge < -0.3 is 19.5 Å². The fourth-order valence-electron chi connectivity index (χ4n) is 4.48. The predicted octanol–water partition coefficient (Wildman–Crippen LogP) is 1.84. The number of fused-ring (bicyclic) bond motifs is 1. The lowest BCUT2D eigenvalue weighted by molar-refractivity contribution is -0.145. The van der Waals surface area contributed by atoms with Crippen LogP contribution in [0.25, 0.3) is 0 Å². The van der Waals surface area contributed by atoms with Crippen LogP contribution in [-0.4, -0.2) is 32.2 Å². The van der Waals surface area contributed by atoms with Gasteiger partial charge in [-0.2, -0.15) is 0 Å². The fraction of sp³-hybridized carbons (Fsp3) is 0.529. The van der Waals surface area contributed by atoms with E-state index in [4.69, 9.17) is 14.2 Å². The summed E-state index contributed by atoms with van der Waals surface area (Å²) in [4.78, 5) is 24.8. The molecule has 6 heteroatoms. The van der Waals surface area contributed by atoms with Crippen LogP contribution < -0.4 is 14.8 Å². The standard InChI is InChI=1S/C17H19NO5/c1-21-9-3-4-11(13(7-9)22-2)18-16(19)14-8-5-10-12(6-8)23-17(20)15(10)14/h3-4,7-8,10,12,14-15H,5-6H2,1-2H3,(H,18,19)/t8-,10+,12-,14-,15+/m0/s1. The number of methoxy groups -OCH3 is 2. The molecule has 122 valence electrons. The Kier molecular flexibility index (Phi) is 3.21. The number of hydrogen-bond donors (Lipinski definition) is 1. The lowest BCUT2D eigenvalue weighted by Crippen LogP contribution is -2.35. The molecule has 1 aromatic rings. The minimum Gasteiger partial charge on any atom is -0.497 e. The van der Waals surface area contributed by atoms with Crippen molar-refractivity contribution in [3.05, 3.63) is 18.2 Å². The first kappa shape index (κ1) is 14.4. The summed E-state index contributed by atoms with van der Waals surface area (Å²) in [6, 6.07) is 5.23. The van der Waals surface area contributed by atoms with E-state index in [2.05, 4.69) is 5.32 Å². The summed E-state index contributed by atoms with van der Waals surface area (Å²) in [5.41, 5.74) is 0.587. The topological polar surface area (TPSA) is 73.9 Å². The van der Waals surface area contributed by atoms with Crippen LogP contribution in [0, 0.1) is 23.7 Å². The highest BCUT2D eigenvalue weighted by atomic mass is 16.6. The zero-order chi connectivity index (χ0) is 16.1. The van der Waals surface area contributed by atoms with E-state index in [0.29, 0.717) is 17.2 Å². The number of carbonyl (C=O) groups is 2. The molecule has 1 N–H and O–H groups in total. The summed E-state index contributed by atoms with van der Waals surface area (Å²) in [6.45, 7) is 0. The third-order valence-corrected chi connectivity index (χ3v) is 5.45. The Balaban J connectivity index is 1.56. The highest BCUT2D eigenvalue weighted by molar-refractivity contribution is 5.98. The molecule has 0 radical (unpaired) electrons. The molecule has 2 saturated carbocycles. The summed E-state index contributed by atoms with van der Waals surface area (Å²) in [6.07, 6.45) is 1.76. The summed E-state index contributed by atoms with van der Waals surface area (Å²) in [5, 5.41) is 2.92. The van der Waals surface area contributed by atoms with Gasteiger partial charge in [0.2, 0.25) is 5.91 Å². The zero-order valence-electron chi connectivity index (χ0n) is 13.1. The highest BCUT2D eigenvalue weighted by Crippen LogP contribution is 2.57. The minimum absolute atomic E-state index is 0.0390. The van der Waals surface area contributed by atoms with Crippen molar-refractivity contribution in [3.8, 4) is 11.5 Å². The summed E-state index contributed by atoms with van der Waals surface area (Å²) < 4.78 is 15.9. The first-order valence-electron chi connectivity index (χ1n) is 7.85. The van der Waals surface area contributed by atoms with Gasteiger partial charge in [-0.25, -0.2) is 0 Å². The molecule has 1 heterocycles. The first-order valence-corrected chi connectivity index (χ1v) is 7.85. The minimum atomic E-state index is -0.293. The Morgan fingerprint density at radius 3 is 2.83 bits per heavy atom. The van der Waals surface area contributed by atoms with E-state index >= 15 is 0 Å². The average Bonchev–Trinajstić information content (AvgIpc) is 3.16. The van der Waals surface area contributed by atoms with Crippen molar-refractivity contribution in [2.45, 2.75) is 18.9 Å². The quantitative estimate of drug-likeness (QED) is 0.858. The molecule has 0 aromatic heterocycles. The molecule has 1 saturated heterocycles. The van der Waals surface area contributed by atoms with E-state index in [1.807, 2.05) is 0 Å². The molecular weight excluding hydrogens is 298 g/mol. The Labute approximate surface area is 134 Å². The molecule has 4 rings (SSSR count). The van der Waals surface area contributed by atoms with Gasteiger partial charge in [-0.1, -0.05) is 0 Å². The molecule has 2 aliphatic carbocycles. The average molecular weight is 317 g/mol. The molecular formula is C17H19NO5. The number of rotatable bonds is 4. The Bertz CT molecular complexity index is 671. The molecule has 1 aliphatic heterocycles. The van der Waals surface area contributed by atoms with Gasteiger partial charge >= 0.3 is 5.97 Å². The molecule has 23 heavy (non-hydrogen) atoms. The van der Waals surface area contributed by atoms with Gasteiger partial charge in [0.25, 0.3) is 0 Å². The van der Waals surface area contributed by atoms with Gasteiger partial charge in [-0.3, -0.25) is 9.59 Å². The van der Waals surface area contributed by atoms with Gasteiger partial charge in [0.1, 0.15) is 17.6 Å². The molecule has 3 aliphatic rings. The normalized spacial score (nSPS) is 33.5. The zero-order valence-corrected chi connectivity index (χ0v) is 13.1. The van der Waals surface area contributed by atoms with Gasteiger partial charge in [0.15, 0.2) is 0 Å². The highest BCUT2D eigenvalue weighted by Gasteiger charge is 2.63. The number of benzene rings is 1. The second-order valence-corrected chi connectivity index (χ2v) is 6.48. The van der Waals surface area contributed by atoms with Crippen molar-refractivity contribution >= 4 is 17.6 Å². The second kappa shape index (κ2) is 5.15. The van der Waals surface area contributed by atoms with Crippen LogP contribution in [0.1, 0.15) is 12.8 Å². The van der Waals surface area contributed by atoms with Crippen LogP contribution in [0.5, 0.6) is 11.5 Å². The third-order valence-electron chi connectivity index (χ3n) is 5.45. The van der Waals surface area contributed by atoms with Crippen molar-refractivity contribution in [2.75, 3.05) is 19.5 Å². The van der Waals surface area contributed by atoms with Crippen LogP contribution in [0.15, 0.2) is 18.2 Å². The van der Waals surface area contributed by atoms with Gasteiger partial charge in [-0.15, -0.1) is 0 Å². The van der Waals surface area contributed by atoms with Crippen LogP contribution in [0.3, 0.4) is 0 Å². The van der Waals surface area contributed by atoms with Crippen molar-refractivity contribution in [1.29, 1.82) is 0 Å². The van der Waals surface area contributed by atoms with E-state index < -0.39 is 0 Å². The maximum absolute atomic E-state index is 12.8.